The Morgan fingerprint density at radius 2 is 2.00 bits per heavy atom. The number of carbonyl (C=O) groups excluding carboxylic acids is 2. The minimum absolute atomic E-state index is 0.276. The lowest BCUT2D eigenvalue weighted by atomic mass is 10.1. The van der Waals surface area contributed by atoms with Crippen molar-refractivity contribution in [3.8, 4) is 6.07 Å². The second-order valence-corrected chi connectivity index (χ2v) is 8.10. The van der Waals surface area contributed by atoms with E-state index >= 15 is 0 Å². The van der Waals surface area contributed by atoms with Crippen LogP contribution in [0.3, 0.4) is 0 Å². The molecule has 1 aliphatic rings. The number of fused-ring (bicyclic) bond motifs is 2. The number of nitrogens with one attached hydrogen (secondary N) is 1. The topological polar surface area (TPSA) is 109 Å². The standard InChI is InChI=1S/C22H18N2O5S/c23-11-16-14-7-2-1-3-9-18(14)30-20(16)24-19(25)12-28-21(26)15-10-13-6-4-5-8-17(13)29-22(15)27/h4-6,8,10H,1-3,7,9,12H2,(H,24,25). The summed E-state index contributed by atoms with van der Waals surface area (Å²) in [6.45, 7) is -0.571. The fourth-order valence-corrected chi connectivity index (χ4v) is 4.78. The molecule has 1 amide bonds. The largest absolute Gasteiger partial charge is 0.452 e. The Morgan fingerprint density at radius 1 is 1.20 bits per heavy atom. The van der Waals surface area contributed by atoms with Crippen LogP contribution in [0.25, 0.3) is 11.0 Å². The number of esters is 1. The first-order chi connectivity index (χ1) is 14.6. The number of benzene rings is 1. The highest BCUT2D eigenvalue weighted by Crippen LogP contribution is 2.36. The van der Waals surface area contributed by atoms with E-state index in [2.05, 4.69) is 11.4 Å². The van der Waals surface area contributed by atoms with E-state index in [0.29, 0.717) is 21.5 Å². The lowest BCUT2D eigenvalue weighted by molar-refractivity contribution is -0.119. The smallest absolute Gasteiger partial charge is 0.351 e. The zero-order valence-electron chi connectivity index (χ0n) is 16.0. The van der Waals surface area contributed by atoms with Gasteiger partial charge in [0, 0.05) is 10.3 Å². The average molecular weight is 422 g/mol. The van der Waals surface area contributed by atoms with Gasteiger partial charge < -0.3 is 14.5 Å². The van der Waals surface area contributed by atoms with Crippen LogP contribution in [0.5, 0.6) is 0 Å². The minimum atomic E-state index is -0.938. The van der Waals surface area contributed by atoms with Crippen LogP contribution in [0, 0.1) is 11.3 Å². The Morgan fingerprint density at radius 3 is 2.83 bits per heavy atom. The van der Waals surface area contributed by atoms with Gasteiger partial charge in [0.1, 0.15) is 22.2 Å². The lowest BCUT2D eigenvalue weighted by Crippen LogP contribution is -2.23. The van der Waals surface area contributed by atoms with E-state index in [4.69, 9.17) is 9.15 Å². The van der Waals surface area contributed by atoms with Crippen molar-refractivity contribution in [1.29, 1.82) is 5.26 Å². The maximum atomic E-state index is 12.3. The molecule has 0 spiro atoms. The number of nitrogens with zero attached hydrogens (tertiary/aromatic N) is 1. The molecule has 2 aromatic heterocycles. The number of rotatable bonds is 4. The molecule has 152 valence electrons. The van der Waals surface area contributed by atoms with Crippen LogP contribution in [0.4, 0.5) is 5.00 Å². The summed E-state index contributed by atoms with van der Waals surface area (Å²) in [5, 5.41) is 13.3. The third-order valence-electron chi connectivity index (χ3n) is 4.98. The van der Waals surface area contributed by atoms with Crippen LogP contribution in [0.15, 0.2) is 39.5 Å². The van der Waals surface area contributed by atoms with Crippen LogP contribution in [0.1, 0.15) is 45.6 Å². The quantitative estimate of drug-likeness (QED) is 0.389. The number of carbonyl (C=O) groups is 2. The van der Waals surface area contributed by atoms with Gasteiger partial charge in [-0.25, -0.2) is 9.59 Å². The minimum Gasteiger partial charge on any atom is -0.452 e. The van der Waals surface area contributed by atoms with E-state index in [1.165, 1.54) is 17.4 Å². The Labute approximate surface area is 175 Å². The zero-order valence-corrected chi connectivity index (χ0v) is 16.8. The van der Waals surface area contributed by atoms with Crippen LogP contribution in [-0.2, 0) is 22.4 Å². The number of nitriles is 1. The van der Waals surface area contributed by atoms with Crippen molar-refractivity contribution >= 4 is 39.2 Å². The molecule has 8 heteroatoms. The summed E-state index contributed by atoms with van der Waals surface area (Å²) in [6, 6.07) is 10.4. The van der Waals surface area contributed by atoms with Gasteiger partial charge in [-0.05, 0) is 43.4 Å². The first-order valence-electron chi connectivity index (χ1n) is 9.61. The number of hydrogen-bond donors (Lipinski definition) is 1. The van der Waals surface area contributed by atoms with Gasteiger partial charge in [0.05, 0.1) is 5.56 Å². The van der Waals surface area contributed by atoms with E-state index in [1.54, 1.807) is 24.3 Å². The molecule has 1 aliphatic carbocycles. The van der Waals surface area contributed by atoms with Crippen molar-refractivity contribution in [2.24, 2.45) is 0 Å². The van der Waals surface area contributed by atoms with Crippen molar-refractivity contribution in [3.05, 3.63) is 62.3 Å². The SMILES string of the molecule is N#Cc1c(NC(=O)COC(=O)c2cc3ccccc3oc2=O)sc2c1CCCCC2. The number of aryl methyl sites for hydroxylation is 1. The third kappa shape index (κ3) is 3.98. The molecule has 1 N–H and O–H groups in total. The van der Waals surface area contributed by atoms with Crippen molar-refractivity contribution in [3.63, 3.8) is 0 Å². The normalized spacial score (nSPS) is 13.2. The molecular weight excluding hydrogens is 404 g/mol. The number of amides is 1. The molecule has 4 rings (SSSR count). The second kappa shape index (κ2) is 8.51. The molecule has 0 saturated heterocycles. The van der Waals surface area contributed by atoms with Crippen LogP contribution in [0.2, 0.25) is 0 Å². The molecule has 2 heterocycles. The predicted octanol–water partition coefficient (Wildman–Crippen LogP) is 3.79. The fraction of sp³-hybridized carbons (Fsp3) is 0.273. The van der Waals surface area contributed by atoms with Gasteiger partial charge in [-0.2, -0.15) is 5.26 Å². The van der Waals surface area contributed by atoms with Gasteiger partial charge >= 0.3 is 11.6 Å². The summed E-state index contributed by atoms with van der Waals surface area (Å²) in [7, 11) is 0. The van der Waals surface area contributed by atoms with Gasteiger partial charge in [-0.3, -0.25) is 4.79 Å². The average Bonchev–Trinajstić information content (AvgIpc) is 2.90. The molecule has 0 atom stereocenters. The molecule has 7 nitrogen and oxygen atoms in total. The van der Waals surface area contributed by atoms with Crippen LogP contribution >= 0.6 is 11.3 Å². The molecule has 0 bridgehead atoms. The Kier molecular flexibility index (Phi) is 5.63. The monoisotopic (exact) mass is 422 g/mol. The highest BCUT2D eigenvalue weighted by molar-refractivity contribution is 7.16. The van der Waals surface area contributed by atoms with E-state index in [9.17, 15) is 19.6 Å². The number of anilines is 1. The molecule has 30 heavy (non-hydrogen) atoms. The Hall–Kier alpha value is -3.44. The summed E-state index contributed by atoms with van der Waals surface area (Å²) < 4.78 is 10.1. The molecule has 0 saturated carbocycles. The molecule has 3 aromatic rings. The number of para-hydroxylation sites is 1. The third-order valence-corrected chi connectivity index (χ3v) is 6.19. The molecule has 0 aliphatic heterocycles. The molecule has 0 radical (unpaired) electrons. The summed E-state index contributed by atoms with van der Waals surface area (Å²) >= 11 is 1.40. The molecule has 0 unspecified atom stereocenters. The summed E-state index contributed by atoms with van der Waals surface area (Å²) in [4.78, 5) is 37.7. The van der Waals surface area contributed by atoms with E-state index in [1.807, 2.05) is 0 Å². The highest BCUT2D eigenvalue weighted by atomic mass is 32.1. The number of ether oxygens (including phenoxy) is 1. The first kappa shape index (κ1) is 19.9. The van der Waals surface area contributed by atoms with Crippen molar-refractivity contribution in [2.75, 3.05) is 11.9 Å². The Bertz CT molecular complexity index is 1230. The lowest BCUT2D eigenvalue weighted by Gasteiger charge is -2.06. The van der Waals surface area contributed by atoms with Gasteiger partial charge in [0.2, 0.25) is 0 Å². The number of thiophene rings is 1. The Balaban J connectivity index is 1.44. The maximum Gasteiger partial charge on any atom is 0.351 e. The van der Waals surface area contributed by atoms with Crippen LogP contribution in [-0.4, -0.2) is 18.5 Å². The first-order valence-corrected chi connectivity index (χ1v) is 10.4. The van der Waals surface area contributed by atoms with Crippen LogP contribution < -0.4 is 10.9 Å². The molecule has 1 aromatic carbocycles. The fourth-order valence-electron chi connectivity index (χ4n) is 3.52. The molecular formula is C22H18N2O5S. The van der Waals surface area contributed by atoms with Crippen molar-refractivity contribution < 1.29 is 18.7 Å². The van der Waals surface area contributed by atoms with E-state index in [0.717, 1.165) is 42.5 Å². The molecule has 0 fully saturated rings. The van der Waals surface area contributed by atoms with E-state index in [-0.39, 0.29) is 5.56 Å². The van der Waals surface area contributed by atoms with Gasteiger partial charge in [0.15, 0.2) is 6.61 Å². The summed E-state index contributed by atoms with van der Waals surface area (Å²) in [6.07, 6.45) is 4.96. The summed E-state index contributed by atoms with van der Waals surface area (Å²) in [5.41, 5.74) is 0.765. The highest BCUT2D eigenvalue weighted by Gasteiger charge is 2.22. The maximum absolute atomic E-state index is 12.3. The predicted molar refractivity (Wildman–Crippen MR) is 112 cm³/mol. The number of hydrogen-bond acceptors (Lipinski definition) is 7. The van der Waals surface area contributed by atoms with Gasteiger partial charge in [-0.15, -0.1) is 11.3 Å². The zero-order chi connectivity index (χ0) is 21.1. The van der Waals surface area contributed by atoms with E-state index < -0.39 is 24.1 Å². The summed E-state index contributed by atoms with van der Waals surface area (Å²) in [5.74, 6) is -1.51. The van der Waals surface area contributed by atoms with Gasteiger partial charge in [-0.1, -0.05) is 24.6 Å². The van der Waals surface area contributed by atoms with Gasteiger partial charge in [0.25, 0.3) is 5.91 Å². The second-order valence-electron chi connectivity index (χ2n) is 6.99. The van der Waals surface area contributed by atoms with Crippen molar-refractivity contribution in [2.45, 2.75) is 32.1 Å². The van der Waals surface area contributed by atoms with Crippen molar-refractivity contribution in [1.82, 2.24) is 0 Å².